The molecule has 0 bridgehead atoms. The summed E-state index contributed by atoms with van der Waals surface area (Å²) in [6.45, 7) is 0. The third kappa shape index (κ3) is 2.69. The van der Waals surface area contributed by atoms with E-state index in [1.54, 1.807) is 0 Å². The Morgan fingerprint density at radius 2 is 1.89 bits per heavy atom. The molecule has 0 amide bonds. The molecular weight excluding hydrogens is 234 g/mol. The Balaban J connectivity index is 1.68. The molecule has 1 aromatic heterocycles. The lowest BCUT2D eigenvalue weighted by Crippen LogP contribution is -2.21. The largest absolute Gasteiger partial charge is 0.388 e. The summed E-state index contributed by atoms with van der Waals surface area (Å²) in [6.07, 6.45) is 7.61. The first-order valence-corrected chi connectivity index (χ1v) is 6.99. The van der Waals surface area contributed by atoms with Crippen molar-refractivity contribution in [2.24, 2.45) is 5.92 Å². The summed E-state index contributed by atoms with van der Waals surface area (Å²) >= 11 is 0. The van der Waals surface area contributed by atoms with Crippen LogP contribution in [0.3, 0.4) is 0 Å². The number of aryl methyl sites for hydroxylation is 2. The van der Waals surface area contributed by atoms with Gasteiger partial charge in [-0.1, -0.05) is 24.3 Å². The second-order valence-electron chi connectivity index (χ2n) is 5.34. The van der Waals surface area contributed by atoms with Gasteiger partial charge in [0.15, 0.2) is 0 Å². The fourth-order valence-electron chi connectivity index (χ4n) is 3.01. The second kappa shape index (κ2) is 5.54. The van der Waals surface area contributed by atoms with Gasteiger partial charge in [0.25, 0.3) is 0 Å². The van der Waals surface area contributed by atoms with Crippen LogP contribution in [0.2, 0.25) is 0 Å². The van der Waals surface area contributed by atoms with Crippen LogP contribution >= 0.6 is 0 Å². The normalized spacial score (nSPS) is 21.9. The lowest BCUT2D eigenvalue weighted by molar-refractivity contribution is 0.0887. The van der Waals surface area contributed by atoms with Crippen LogP contribution in [0.5, 0.6) is 0 Å². The molecule has 3 rings (SSSR count). The van der Waals surface area contributed by atoms with Crippen molar-refractivity contribution in [1.29, 1.82) is 0 Å². The Morgan fingerprint density at radius 1 is 1.11 bits per heavy atom. The highest BCUT2D eigenvalue weighted by molar-refractivity contribution is 5.31. The van der Waals surface area contributed by atoms with Gasteiger partial charge in [-0.2, -0.15) is 0 Å². The third-order valence-electron chi connectivity index (χ3n) is 4.16. The maximum Gasteiger partial charge on any atom is 0.0821 e. The Kier molecular flexibility index (Phi) is 3.60. The molecule has 0 fully saturated rings. The summed E-state index contributed by atoms with van der Waals surface area (Å²) in [5.74, 6) is 0.378. The van der Waals surface area contributed by atoms with Crippen molar-refractivity contribution in [3.05, 3.63) is 65.5 Å². The fourth-order valence-corrected chi connectivity index (χ4v) is 3.01. The average Bonchev–Trinajstić information content (AvgIpc) is 2.48. The van der Waals surface area contributed by atoms with E-state index in [0.717, 1.165) is 31.2 Å². The number of fused-ring (bicyclic) bond motifs is 1. The first-order valence-electron chi connectivity index (χ1n) is 6.99. The van der Waals surface area contributed by atoms with Gasteiger partial charge in [-0.05, 0) is 60.4 Å². The van der Waals surface area contributed by atoms with E-state index in [9.17, 15) is 5.11 Å². The maximum absolute atomic E-state index is 10.5. The zero-order valence-electron chi connectivity index (χ0n) is 11.0. The van der Waals surface area contributed by atoms with Gasteiger partial charge in [0, 0.05) is 12.4 Å². The summed E-state index contributed by atoms with van der Waals surface area (Å²) in [4.78, 5) is 4.04. The van der Waals surface area contributed by atoms with Gasteiger partial charge in [-0.3, -0.25) is 4.98 Å². The number of pyridine rings is 1. The molecule has 2 nitrogen and oxygen atoms in total. The van der Waals surface area contributed by atoms with Gasteiger partial charge >= 0.3 is 0 Å². The molecule has 1 aliphatic rings. The molecule has 0 radical (unpaired) electrons. The average molecular weight is 253 g/mol. The number of aliphatic hydroxyl groups is 1. The molecule has 1 N–H and O–H groups in total. The number of hydrogen-bond donors (Lipinski definition) is 1. The molecule has 1 aliphatic carbocycles. The van der Waals surface area contributed by atoms with Crippen molar-refractivity contribution in [3.63, 3.8) is 0 Å². The van der Waals surface area contributed by atoms with Crippen LogP contribution in [0.15, 0.2) is 48.8 Å². The van der Waals surface area contributed by atoms with Gasteiger partial charge in [-0.25, -0.2) is 0 Å². The molecular formula is C17H19NO. The quantitative estimate of drug-likeness (QED) is 0.910. The molecule has 2 atom stereocenters. The molecule has 2 heteroatoms. The van der Waals surface area contributed by atoms with E-state index < -0.39 is 0 Å². The smallest absolute Gasteiger partial charge is 0.0821 e. The van der Waals surface area contributed by atoms with E-state index >= 15 is 0 Å². The van der Waals surface area contributed by atoms with Crippen LogP contribution in [-0.2, 0) is 12.8 Å². The molecule has 1 aromatic carbocycles. The minimum atomic E-state index is -0.299. The summed E-state index contributed by atoms with van der Waals surface area (Å²) < 4.78 is 0. The Bertz CT molecular complexity index is 538. The first kappa shape index (κ1) is 12.4. The number of aromatic nitrogens is 1. The van der Waals surface area contributed by atoms with Gasteiger partial charge in [0.2, 0.25) is 0 Å². The highest BCUT2D eigenvalue weighted by Gasteiger charge is 2.26. The number of benzene rings is 1. The highest BCUT2D eigenvalue weighted by atomic mass is 16.3. The number of rotatable bonds is 3. The van der Waals surface area contributed by atoms with Crippen LogP contribution in [-0.4, -0.2) is 10.1 Å². The van der Waals surface area contributed by atoms with E-state index in [1.807, 2.05) is 18.5 Å². The second-order valence-corrected chi connectivity index (χ2v) is 5.34. The molecule has 1 heterocycles. The van der Waals surface area contributed by atoms with Gasteiger partial charge in [-0.15, -0.1) is 0 Å². The van der Waals surface area contributed by atoms with Crippen LogP contribution < -0.4 is 0 Å². The minimum Gasteiger partial charge on any atom is -0.388 e. The minimum absolute atomic E-state index is 0.299. The molecule has 19 heavy (non-hydrogen) atoms. The number of hydrogen-bond acceptors (Lipinski definition) is 2. The van der Waals surface area contributed by atoms with E-state index in [1.165, 1.54) is 11.1 Å². The lowest BCUT2D eigenvalue weighted by atomic mass is 9.79. The van der Waals surface area contributed by atoms with Gasteiger partial charge < -0.3 is 5.11 Å². The van der Waals surface area contributed by atoms with Gasteiger partial charge in [0.05, 0.1) is 6.10 Å². The summed E-state index contributed by atoms with van der Waals surface area (Å²) in [6, 6.07) is 12.4. The topological polar surface area (TPSA) is 33.1 Å². The lowest BCUT2D eigenvalue weighted by Gasteiger charge is -2.30. The van der Waals surface area contributed by atoms with Crippen LogP contribution in [0.1, 0.15) is 35.6 Å². The molecule has 0 saturated heterocycles. The Hall–Kier alpha value is -1.67. The third-order valence-corrected chi connectivity index (χ3v) is 4.16. The van der Waals surface area contributed by atoms with Crippen LogP contribution in [0.4, 0.5) is 0 Å². The van der Waals surface area contributed by atoms with Crippen LogP contribution in [0.25, 0.3) is 0 Å². The van der Waals surface area contributed by atoms with Crippen molar-refractivity contribution >= 4 is 0 Å². The van der Waals surface area contributed by atoms with Crippen molar-refractivity contribution < 1.29 is 5.11 Å². The zero-order chi connectivity index (χ0) is 13.1. The Labute approximate surface area is 114 Å². The summed E-state index contributed by atoms with van der Waals surface area (Å²) in [5.41, 5.74) is 3.75. The standard InChI is InChI=1S/C17H19NO/c19-17-15(6-5-13-9-11-18-12-10-13)8-7-14-3-1-2-4-16(14)17/h1-4,9-12,15,17,19H,5-8H2. The summed E-state index contributed by atoms with van der Waals surface area (Å²) in [7, 11) is 0. The molecule has 0 spiro atoms. The van der Waals surface area contributed by atoms with Crippen molar-refractivity contribution in [2.75, 3.05) is 0 Å². The first-order chi connectivity index (χ1) is 9.34. The molecule has 2 unspecified atom stereocenters. The molecule has 2 aromatic rings. The van der Waals surface area contributed by atoms with Crippen LogP contribution in [0, 0.1) is 5.92 Å². The zero-order valence-corrected chi connectivity index (χ0v) is 11.0. The monoisotopic (exact) mass is 253 g/mol. The molecule has 0 saturated carbocycles. The van der Waals surface area contributed by atoms with E-state index in [0.29, 0.717) is 5.92 Å². The van der Waals surface area contributed by atoms with Crippen molar-refractivity contribution in [2.45, 2.75) is 31.8 Å². The number of aliphatic hydroxyl groups excluding tert-OH is 1. The van der Waals surface area contributed by atoms with Gasteiger partial charge in [0.1, 0.15) is 0 Å². The SMILES string of the molecule is OC1c2ccccc2CCC1CCc1ccncc1. The summed E-state index contributed by atoms with van der Waals surface area (Å²) in [5, 5.41) is 10.5. The predicted molar refractivity (Wildman–Crippen MR) is 75.8 cm³/mol. The van der Waals surface area contributed by atoms with E-state index in [4.69, 9.17) is 0 Å². The highest BCUT2D eigenvalue weighted by Crippen LogP contribution is 2.36. The number of nitrogens with zero attached hydrogens (tertiary/aromatic N) is 1. The van der Waals surface area contributed by atoms with Crippen molar-refractivity contribution in [1.82, 2.24) is 4.98 Å². The molecule has 98 valence electrons. The fraction of sp³-hybridized carbons (Fsp3) is 0.353. The van der Waals surface area contributed by atoms with E-state index in [2.05, 4.69) is 35.3 Å². The maximum atomic E-state index is 10.5. The Morgan fingerprint density at radius 3 is 2.74 bits per heavy atom. The van der Waals surface area contributed by atoms with E-state index in [-0.39, 0.29) is 6.10 Å². The van der Waals surface area contributed by atoms with Crippen molar-refractivity contribution in [3.8, 4) is 0 Å². The predicted octanol–water partition coefficient (Wildman–Crippen LogP) is 3.31. The molecule has 0 aliphatic heterocycles.